The van der Waals surface area contributed by atoms with Gasteiger partial charge in [-0.2, -0.15) is 4.98 Å². The molecule has 3 N–H and O–H groups in total. The summed E-state index contributed by atoms with van der Waals surface area (Å²) in [7, 11) is 0. The third kappa shape index (κ3) is 1.36. The second-order valence-corrected chi connectivity index (χ2v) is 5.91. The molecule has 0 radical (unpaired) electrons. The first-order chi connectivity index (χ1) is 8.22. The van der Waals surface area contributed by atoms with Gasteiger partial charge in [-0.1, -0.05) is 0 Å². The van der Waals surface area contributed by atoms with Crippen LogP contribution >= 0.6 is 0 Å². The monoisotopic (exact) mass is 230 g/mol. The number of rotatable bonds is 2. The van der Waals surface area contributed by atoms with Crippen LogP contribution in [0.3, 0.4) is 0 Å². The summed E-state index contributed by atoms with van der Waals surface area (Å²) in [5, 5.41) is 3.57. The van der Waals surface area contributed by atoms with E-state index in [1.165, 1.54) is 19.3 Å². The average molecular weight is 230 g/mol. The van der Waals surface area contributed by atoms with Crippen LogP contribution in [0.5, 0.6) is 0 Å². The van der Waals surface area contributed by atoms with Gasteiger partial charge in [-0.05, 0) is 49.9 Å². The second-order valence-electron chi connectivity index (χ2n) is 5.91. The zero-order valence-corrected chi connectivity index (χ0v) is 10.1. The van der Waals surface area contributed by atoms with Crippen molar-refractivity contribution < 1.29 is 0 Å². The van der Waals surface area contributed by atoms with Gasteiger partial charge in [-0.25, -0.2) is 4.98 Å². The fourth-order valence-corrected chi connectivity index (χ4v) is 4.35. The molecule has 4 heteroatoms. The molecule has 4 atom stereocenters. The molecule has 4 rings (SSSR count). The van der Waals surface area contributed by atoms with Gasteiger partial charge in [0.15, 0.2) is 0 Å². The topological polar surface area (TPSA) is 63.8 Å². The molecule has 2 bridgehead atoms. The predicted octanol–water partition coefficient (Wildman–Crippen LogP) is 1.82. The van der Waals surface area contributed by atoms with Crippen molar-refractivity contribution >= 4 is 11.8 Å². The summed E-state index contributed by atoms with van der Waals surface area (Å²) in [5.41, 5.74) is 6.61. The third-order valence-electron chi connectivity index (χ3n) is 4.92. The summed E-state index contributed by atoms with van der Waals surface area (Å²) in [5.74, 6) is 5.11. The van der Waals surface area contributed by atoms with Crippen LogP contribution in [0, 0.1) is 30.6 Å². The van der Waals surface area contributed by atoms with E-state index in [1.807, 2.05) is 13.0 Å². The van der Waals surface area contributed by atoms with E-state index in [1.54, 1.807) is 0 Å². The first-order valence-corrected chi connectivity index (χ1v) is 6.60. The summed E-state index contributed by atoms with van der Waals surface area (Å²) < 4.78 is 0. The molecule has 17 heavy (non-hydrogen) atoms. The Hall–Kier alpha value is -1.32. The first kappa shape index (κ1) is 9.68. The van der Waals surface area contributed by atoms with Gasteiger partial charge >= 0.3 is 0 Å². The maximum atomic E-state index is 5.68. The van der Waals surface area contributed by atoms with E-state index in [4.69, 9.17) is 5.73 Å². The van der Waals surface area contributed by atoms with Gasteiger partial charge < -0.3 is 11.1 Å². The number of nitrogens with one attached hydrogen (secondary N) is 1. The lowest BCUT2D eigenvalue weighted by molar-refractivity contribution is 0.456. The minimum atomic E-state index is 0.376. The normalized spacial score (nSPS) is 41.4. The number of nitrogens with zero attached hydrogens (tertiary/aromatic N) is 2. The van der Waals surface area contributed by atoms with Crippen molar-refractivity contribution in [3.8, 4) is 0 Å². The van der Waals surface area contributed by atoms with Crippen molar-refractivity contribution in [1.82, 2.24) is 9.97 Å². The largest absolute Gasteiger partial charge is 0.368 e. The van der Waals surface area contributed by atoms with E-state index < -0.39 is 0 Å². The Bertz CT molecular complexity index is 436. The molecule has 90 valence electrons. The van der Waals surface area contributed by atoms with Crippen molar-refractivity contribution in [2.24, 2.45) is 23.7 Å². The molecule has 0 amide bonds. The number of nitrogen functional groups attached to an aromatic ring is 1. The molecule has 3 aliphatic carbocycles. The Morgan fingerprint density at radius 3 is 2.59 bits per heavy atom. The summed E-state index contributed by atoms with van der Waals surface area (Å²) in [6.07, 6.45) is 4.39. The minimum Gasteiger partial charge on any atom is -0.368 e. The standard InChI is InChI=1S/C13H18N4/c1-6-4-9(17-13(14)15-6)16-12-10-7-2-3-8(5-7)11(10)12/h4,7-8,10-12H,2-3,5H2,1H3,(H3,14,15,16,17). The molecule has 1 aromatic rings. The van der Waals surface area contributed by atoms with Gasteiger partial charge in [-0.3, -0.25) is 0 Å². The van der Waals surface area contributed by atoms with E-state index in [-0.39, 0.29) is 0 Å². The van der Waals surface area contributed by atoms with Crippen LogP contribution in [0.2, 0.25) is 0 Å². The molecule has 4 nitrogen and oxygen atoms in total. The van der Waals surface area contributed by atoms with Crippen LogP contribution in [0.4, 0.5) is 11.8 Å². The summed E-state index contributed by atoms with van der Waals surface area (Å²) in [6.45, 7) is 1.96. The highest BCUT2D eigenvalue weighted by Gasteiger charge is 2.65. The maximum absolute atomic E-state index is 5.68. The van der Waals surface area contributed by atoms with Gasteiger partial charge in [0.2, 0.25) is 5.95 Å². The van der Waals surface area contributed by atoms with Crippen molar-refractivity contribution in [3.05, 3.63) is 11.8 Å². The number of fused-ring (bicyclic) bond motifs is 5. The van der Waals surface area contributed by atoms with Crippen LogP contribution in [-0.2, 0) is 0 Å². The lowest BCUT2D eigenvalue weighted by Crippen LogP contribution is -2.14. The molecule has 3 saturated carbocycles. The first-order valence-electron chi connectivity index (χ1n) is 6.60. The van der Waals surface area contributed by atoms with E-state index in [0.29, 0.717) is 12.0 Å². The number of aryl methyl sites for hydroxylation is 1. The van der Waals surface area contributed by atoms with Crippen molar-refractivity contribution in [1.29, 1.82) is 0 Å². The fraction of sp³-hybridized carbons (Fsp3) is 0.692. The van der Waals surface area contributed by atoms with E-state index in [0.717, 1.165) is 35.2 Å². The molecule has 1 aromatic heterocycles. The summed E-state index contributed by atoms with van der Waals surface area (Å²) >= 11 is 0. The highest BCUT2D eigenvalue weighted by Crippen LogP contribution is 2.66. The lowest BCUT2D eigenvalue weighted by atomic mass is 10.0. The Labute approximate surface area is 101 Å². The van der Waals surface area contributed by atoms with E-state index >= 15 is 0 Å². The summed E-state index contributed by atoms with van der Waals surface area (Å²) in [6, 6.07) is 2.65. The van der Waals surface area contributed by atoms with Gasteiger partial charge in [0.05, 0.1) is 0 Å². The Morgan fingerprint density at radius 2 is 1.94 bits per heavy atom. The second kappa shape index (κ2) is 3.12. The Morgan fingerprint density at radius 1 is 1.24 bits per heavy atom. The minimum absolute atomic E-state index is 0.376. The lowest BCUT2D eigenvalue weighted by Gasteiger charge is -2.11. The molecule has 0 spiro atoms. The number of hydrogen-bond acceptors (Lipinski definition) is 4. The Balaban J connectivity index is 1.52. The molecule has 1 heterocycles. The number of anilines is 2. The number of nitrogens with two attached hydrogens (primary N) is 1. The third-order valence-corrected chi connectivity index (χ3v) is 4.92. The molecular formula is C13H18N4. The highest BCUT2D eigenvalue weighted by atomic mass is 15.1. The molecule has 0 aromatic carbocycles. The zero-order valence-electron chi connectivity index (χ0n) is 10.1. The highest BCUT2D eigenvalue weighted by molar-refractivity contribution is 5.44. The average Bonchev–Trinajstić information content (AvgIpc) is 2.69. The van der Waals surface area contributed by atoms with Crippen molar-refractivity contribution in [3.63, 3.8) is 0 Å². The summed E-state index contributed by atoms with van der Waals surface area (Å²) in [4.78, 5) is 8.37. The molecular weight excluding hydrogens is 212 g/mol. The molecule has 0 aliphatic heterocycles. The Kier molecular flexibility index (Phi) is 1.78. The number of aromatic nitrogens is 2. The maximum Gasteiger partial charge on any atom is 0.222 e. The molecule has 3 fully saturated rings. The van der Waals surface area contributed by atoms with E-state index in [9.17, 15) is 0 Å². The number of hydrogen-bond donors (Lipinski definition) is 2. The van der Waals surface area contributed by atoms with Gasteiger partial charge in [-0.15, -0.1) is 0 Å². The SMILES string of the molecule is Cc1cc(NC2C3C4CCC(C4)C23)nc(N)n1. The smallest absolute Gasteiger partial charge is 0.222 e. The zero-order chi connectivity index (χ0) is 11.6. The molecule has 0 saturated heterocycles. The van der Waals surface area contributed by atoms with Crippen LogP contribution in [0.25, 0.3) is 0 Å². The quantitative estimate of drug-likeness (QED) is 0.813. The van der Waals surface area contributed by atoms with Gasteiger partial charge in [0, 0.05) is 17.8 Å². The molecule has 4 unspecified atom stereocenters. The predicted molar refractivity (Wildman–Crippen MR) is 66.4 cm³/mol. The van der Waals surface area contributed by atoms with Crippen LogP contribution < -0.4 is 11.1 Å². The van der Waals surface area contributed by atoms with Crippen LogP contribution in [-0.4, -0.2) is 16.0 Å². The molecule has 3 aliphatic rings. The van der Waals surface area contributed by atoms with Crippen molar-refractivity contribution in [2.45, 2.75) is 32.2 Å². The fourth-order valence-electron chi connectivity index (χ4n) is 4.35. The van der Waals surface area contributed by atoms with Crippen molar-refractivity contribution in [2.75, 3.05) is 11.1 Å². The van der Waals surface area contributed by atoms with E-state index in [2.05, 4.69) is 15.3 Å². The van der Waals surface area contributed by atoms with Gasteiger partial charge in [0.25, 0.3) is 0 Å². The van der Waals surface area contributed by atoms with Crippen LogP contribution in [0.15, 0.2) is 6.07 Å². The van der Waals surface area contributed by atoms with Gasteiger partial charge in [0.1, 0.15) is 5.82 Å². The van der Waals surface area contributed by atoms with Crippen LogP contribution in [0.1, 0.15) is 25.0 Å².